The molecule has 2 heterocycles. The third-order valence-corrected chi connectivity index (χ3v) is 9.17. The van der Waals surface area contributed by atoms with E-state index in [4.69, 9.17) is 9.47 Å². The second-order valence-corrected chi connectivity index (χ2v) is 11.2. The molecule has 210 valence electrons. The van der Waals surface area contributed by atoms with Crippen LogP contribution in [0.2, 0.25) is 0 Å². The second-order valence-electron chi connectivity index (χ2n) is 11.2. The average molecular weight is 541 g/mol. The van der Waals surface area contributed by atoms with E-state index in [1.54, 1.807) is 24.3 Å². The molecule has 0 aromatic heterocycles. The largest absolute Gasteiger partial charge is 0.458 e. The van der Waals surface area contributed by atoms with Crippen LogP contribution in [-0.2, 0) is 20.3 Å². The van der Waals surface area contributed by atoms with Crippen molar-refractivity contribution in [2.45, 2.75) is 62.6 Å². The zero-order chi connectivity index (χ0) is 28.0. The van der Waals surface area contributed by atoms with Crippen LogP contribution in [-0.4, -0.2) is 50.3 Å². The first-order chi connectivity index (χ1) is 19.4. The highest BCUT2D eigenvalue weighted by atomic mass is 16.5. The molecule has 0 saturated carbocycles. The number of carbonyl (C=O) groups excluding carboxylic acids is 2. The van der Waals surface area contributed by atoms with E-state index >= 15 is 0 Å². The van der Waals surface area contributed by atoms with Gasteiger partial charge in [0.1, 0.15) is 12.2 Å². The minimum absolute atomic E-state index is 0.231. The van der Waals surface area contributed by atoms with Gasteiger partial charge in [0.05, 0.1) is 11.1 Å². The standard InChI is InChI=1S/C34H40N2O4/c1-25(33(17-21-35-22-18-33)29-9-5-3-6-10-29)39-31(37)27-13-15-28(16-14-27)32(38)40-26(2)34(19-23-36-24-20-34)30-11-7-4-8-12-30/h3-16,25-26,35-36H,17-24H2,1-2H3. The summed E-state index contributed by atoms with van der Waals surface area (Å²) in [5.41, 5.74) is 2.79. The fourth-order valence-corrected chi connectivity index (χ4v) is 6.57. The van der Waals surface area contributed by atoms with Gasteiger partial charge in [0, 0.05) is 10.8 Å². The molecule has 2 aliphatic rings. The second kappa shape index (κ2) is 12.4. The summed E-state index contributed by atoms with van der Waals surface area (Å²) in [6.07, 6.45) is 3.00. The van der Waals surface area contributed by atoms with Gasteiger partial charge in [-0.3, -0.25) is 0 Å². The maximum atomic E-state index is 13.2. The van der Waals surface area contributed by atoms with E-state index in [9.17, 15) is 9.59 Å². The number of rotatable bonds is 8. The monoisotopic (exact) mass is 540 g/mol. The van der Waals surface area contributed by atoms with Gasteiger partial charge in [-0.25, -0.2) is 9.59 Å². The van der Waals surface area contributed by atoms with Crippen LogP contribution in [0.25, 0.3) is 0 Å². The summed E-state index contributed by atoms with van der Waals surface area (Å²) >= 11 is 0. The molecule has 3 aromatic carbocycles. The van der Waals surface area contributed by atoms with Crippen molar-refractivity contribution in [3.63, 3.8) is 0 Å². The fourth-order valence-electron chi connectivity index (χ4n) is 6.57. The summed E-state index contributed by atoms with van der Waals surface area (Å²) in [7, 11) is 0. The number of nitrogens with one attached hydrogen (secondary N) is 2. The molecule has 6 nitrogen and oxygen atoms in total. The van der Waals surface area contributed by atoms with Crippen molar-refractivity contribution in [3.8, 4) is 0 Å². The molecule has 2 fully saturated rings. The number of esters is 2. The summed E-state index contributed by atoms with van der Waals surface area (Å²) in [6, 6.07) is 27.3. The number of ether oxygens (including phenoxy) is 2. The molecule has 3 aromatic rings. The molecule has 5 rings (SSSR count). The number of benzene rings is 3. The van der Waals surface area contributed by atoms with Gasteiger partial charge in [-0.2, -0.15) is 0 Å². The van der Waals surface area contributed by atoms with Crippen molar-refractivity contribution in [2.75, 3.05) is 26.2 Å². The maximum Gasteiger partial charge on any atom is 0.338 e. The molecule has 2 aliphatic heterocycles. The van der Waals surface area contributed by atoms with Crippen LogP contribution in [0.3, 0.4) is 0 Å². The molecule has 0 aliphatic carbocycles. The van der Waals surface area contributed by atoms with Crippen LogP contribution in [0.5, 0.6) is 0 Å². The predicted molar refractivity (Wildman–Crippen MR) is 157 cm³/mol. The Hall–Kier alpha value is -3.48. The average Bonchev–Trinajstić information content (AvgIpc) is 3.02. The molecule has 2 unspecified atom stereocenters. The van der Waals surface area contributed by atoms with E-state index in [2.05, 4.69) is 34.9 Å². The van der Waals surface area contributed by atoms with Crippen LogP contribution < -0.4 is 10.6 Å². The summed E-state index contributed by atoms with van der Waals surface area (Å²) in [5.74, 6) is -0.764. The van der Waals surface area contributed by atoms with Gasteiger partial charge >= 0.3 is 11.9 Å². The van der Waals surface area contributed by atoms with Gasteiger partial charge < -0.3 is 20.1 Å². The van der Waals surface area contributed by atoms with Crippen LogP contribution >= 0.6 is 0 Å². The zero-order valence-electron chi connectivity index (χ0n) is 23.5. The predicted octanol–water partition coefficient (Wildman–Crippen LogP) is 5.42. The Kier molecular flexibility index (Phi) is 8.67. The van der Waals surface area contributed by atoms with Crippen molar-refractivity contribution >= 4 is 11.9 Å². The minimum atomic E-state index is -0.382. The first-order valence-corrected chi connectivity index (χ1v) is 14.5. The van der Waals surface area contributed by atoms with Crippen molar-refractivity contribution in [1.82, 2.24) is 10.6 Å². The lowest BCUT2D eigenvalue weighted by atomic mass is 9.69. The van der Waals surface area contributed by atoms with Gasteiger partial charge in [0.25, 0.3) is 0 Å². The summed E-state index contributed by atoms with van der Waals surface area (Å²) < 4.78 is 12.1. The summed E-state index contributed by atoms with van der Waals surface area (Å²) in [4.78, 5) is 26.4. The molecule has 0 radical (unpaired) electrons. The number of hydrogen-bond donors (Lipinski definition) is 2. The lowest BCUT2D eigenvalue weighted by molar-refractivity contribution is 0.00338. The Labute approximate surface area is 237 Å². The van der Waals surface area contributed by atoms with Gasteiger partial charge in [0.2, 0.25) is 0 Å². The van der Waals surface area contributed by atoms with Crippen LogP contribution in [0.4, 0.5) is 0 Å². The first kappa shape index (κ1) is 28.1. The van der Waals surface area contributed by atoms with Crippen LogP contribution in [0.1, 0.15) is 71.4 Å². The van der Waals surface area contributed by atoms with Gasteiger partial charge in [-0.05, 0) is 101 Å². The van der Waals surface area contributed by atoms with Crippen molar-refractivity contribution in [1.29, 1.82) is 0 Å². The molecular formula is C34H40N2O4. The molecule has 0 bridgehead atoms. The molecule has 40 heavy (non-hydrogen) atoms. The number of carbonyl (C=O) groups is 2. The van der Waals surface area contributed by atoms with E-state index in [0.29, 0.717) is 11.1 Å². The fraction of sp³-hybridized carbons (Fsp3) is 0.412. The molecule has 2 N–H and O–H groups in total. The van der Waals surface area contributed by atoms with Crippen molar-refractivity contribution in [3.05, 3.63) is 107 Å². The van der Waals surface area contributed by atoms with E-state index in [-0.39, 0.29) is 35.0 Å². The lowest BCUT2D eigenvalue weighted by Gasteiger charge is -2.42. The van der Waals surface area contributed by atoms with Gasteiger partial charge in [0.15, 0.2) is 0 Å². The Bertz CT molecular complexity index is 1160. The van der Waals surface area contributed by atoms with Crippen molar-refractivity contribution in [2.24, 2.45) is 0 Å². The first-order valence-electron chi connectivity index (χ1n) is 14.5. The minimum Gasteiger partial charge on any atom is -0.458 e. The highest BCUT2D eigenvalue weighted by molar-refractivity contribution is 5.93. The summed E-state index contributed by atoms with van der Waals surface area (Å²) in [6.45, 7) is 7.52. The van der Waals surface area contributed by atoms with Crippen molar-refractivity contribution < 1.29 is 19.1 Å². The Morgan fingerprint density at radius 2 is 0.900 bits per heavy atom. The SMILES string of the molecule is CC(OC(=O)c1ccc(C(=O)OC(C)C2(c3ccccc3)CCNCC2)cc1)C1(c2ccccc2)CCNCC1. The molecule has 6 heteroatoms. The summed E-state index contributed by atoms with van der Waals surface area (Å²) in [5, 5.41) is 6.85. The molecule has 0 spiro atoms. The molecule has 2 saturated heterocycles. The third-order valence-electron chi connectivity index (χ3n) is 9.17. The highest BCUT2D eigenvalue weighted by Crippen LogP contribution is 2.40. The number of hydrogen-bond acceptors (Lipinski definition) is 6. The van der Waals surface area contributed by atoms with Crippen LogP contribution in [0.15, 0.2) is 84.9 Å². The van der Waals surface area contributed by atoms with E-state index in [0.717, 1.165) is 51.9 Å². The zero-order valence-corrected chi connectivity index (χ0v) is 23.5. The normalized spacial score (nSPS) is 19.6. The van der Waals surface area contributed by atoms with E-state index in [1.807, 2.05) is 50.2 Å². The Morgan fingerprint density at radius 3 is 1.23 bits per heavy atom. The molecular weight excluding hydrogens is 500 g/mol. The Morgan fingerprint density at radius 1 is 0.575 bits per heavy atom. The highest BCUT2D eigenvalue weighted by Gasteiger charge is 2.42. The maximum absolute atomic E-state index is 13.2. The topological polar surface area (TPSA) is 76.7 Å². The Balaban J connectivity index is 1.26. The lowest BCUT2D eigenvalue weighted by Crippen LogP contribution is -2.48. The van der Waals surface area contributed by atoms with Gasteiger partial charge in [-0.1, -0.05) is 60.7 Å². The van der Waals surface area contributed by atoms with Crippen LogP contribution in [0, 0.1) is 0 Å². The smallest absolute Gasteiger partial charge is 0.338 e. The van der Waals surface area contributed by atoms with Gasteiger partial charge in [-0.15, -0.1) is 0 Å². The molecule has 2 atom stereocenters. The van der Waals surface area contributed by atoms with E-state index in [1.165, 1.54) is 11.1 Å². The van der Waals surface area contributed by atoms with E-state index < -0.39 is 0 Å². The molecule has 0 amide bonds. The third kappa shape index (κ3) is 5.70. The number of piperidine rings is 2. The quantitative estimate of drug-likeness (QED) is 0.372.